The normalized spacial score (nSPS) is 10.6. The first kappa shape index (κ1) is 16.2. The third-order valence-electron chi connectivity index (χ3n) is 3.22. The average molecular weight is 344 g/mol. The van der Waals surface area contributed by atoms with Gasteiger partial charge in [0, 0.05) is 17.8 Å². The Morgan fingerprint density at radius 3 is 2.83 bits per heavy atom. The van der Waals surface area contributed by atoms with Crippen LogP contribution in [0, 0.1) is 5.82 Å². The Hall–Kier alpha value is -2.67. The highest BCUT2D eigenvalue weighted by Gasteiger charge is 2.14. The zero-order valence-corrected chi connectivity index (χ0v) is 13.5. The molecular weight excluding hydrogens is 331 g/mol. The van der Waals surface area contributed by atoms with E-state index in [4.69, 9.17) is 9.26 Å². The lowest BCUT2D eigenvalue weighted by Crippen LogP contribution is -2.07. The molecule has 122 valence electrons. The molecule has 0 atom stereocenters. The van der Waals surface area contributed by atoms with Gasteiger partial charge < -0.3 is 9.26 Å². The molecule has 2 aromatic heterocycles. The highest BCUT2D eigenvalue weighted by molar-refractivity contribution is 7.98. The summed E-state index contributed by atoms with van der Waals surface area (Å²) >= 11 is 1.37. The first-order valence-corrected chi connectivity index (χ1v) is 8.27. The van der Waals surface area contributed by atoms with Gasteiger partial charge in [-0.05, 0) is 42.7 Å². The smallest absolute Gasteiger partial charge is 0.341 e. The number of benzene rings is 1. The molecule has 5 nitrogen and oxygen atoms in total. The summed E-state index contributed by atoms with van der Waals surface area (Å²) in [5, 5.41) is 4.46. The quantitative estimate of drug-likeness (QED) is 0.516. The number of ether oxygens (including phenoxy) is 1. The van der Waals surface area contributed by atoms with E-state index in [0.717, 1.165) is 0 Å². The van der Waals surface area contributed by atoms with Crippen LogP contribution < -0.4 is 0 Å². The number of aromatic nitrogens is 2. The predicted octanol–water partition coefficient (Wildman–Crippen LogP) is 3.95. The number of carbonyl (C=O) groups is 1. The van der Waals surface area contributed by atoms with Crippen LogP contribution in [0.2, 0.25) is 0 Å². The van der Waals surface area contributed by atoms with E-state index in [-0.39, 0.29) is 12.4 Å². The summed E-state index contributed by atoms with van der Waals surface area (Å²) in [7, 11) is 0. The summed E-state index contributed by atoms with van der Waals surface area (Å²) in [6.45, 7) is -0.0216. The van der Waals surface area contributed by atoms with Crippen molar-refractivity contribution in [1.29, 1.82) is 0 Å². The molecule has 0 saturated carbocycles. The van der Waals surface area contributed by atoms with Crippen LogP contribution in [0.25, 0.3) is 11.3 Å². The average Bonchev–Trinajstić information content (AvgIpc) is 3.09. The van der Waals surface area contributed by atoms with Gasteiger partial charge in [-0.1, -0.05) is 5.16 Å². The van der Waals surface area contributed by atoms with Gasteiger partial charge >= 0.3 is 5.97 Å². The zero-order valence-electron chi connectivity index (χ0n) is 12.7. The fraction of sp³-hybridized carbons (Fsp3) is 0.118. The minimum Gasteiger partial charge on any atom is -0.455 e. The molecule has 0 aliphatic carbocycles. The number of hydrogen-bond donors (Lipinski definition) is 0. The standard InChI is InChI=1S/C17H13FN2O3S/c1-24-16-14(3-2-8-19-16)17(21)22-10-13-9-15(23-20-13)11-4-6-12(18)7-5-11/h2-9H,10H2,1H3. The first-order valence-electron chi connectivity index (χ1n) is 7.05. The third-order valence-corrected chi connectivity index (χ3v) is 3.94. The number of carbonyl (C=O) groups excluding carboxylic acids is 1. The molecule has 0 fully saturated rings. The number of rotatable bonds is 5. The van der Waals surface area contributed by atoms with E-state index in [1.165, 1.54) is 23.9 Å². The van der Waals surface area contributed by atoms with Crippen molar-refractivity contribution in [3.8, 4) is 11.3 Å². The summed E-state index contributed by atoms with van der Waals surface area (Å²) in [6.07, 6.45) is 3.46. The van der Waals surface area contributed by atoms with Gasteiger partial charge in [-0.3, -0.25) is 0 Å². The van der Waals surface area contributed by atoms with Crippen molar-refractivity contribution in [2.24, 2.45) is 0 Å². The van der Waals surface area contributed by atoms with Crippen molar-refractivity contribution in [3.63, 3.8) is 0 Å². The van der Waals surface area contributed by atoms with Gasteiger partial charge in [0.1, 0.15) is 23.1 Å². The van der Waals surface area contributed by atoms with E-state index in [1.807, 2.05) is 6.26 Å². The molecule has 3 aromatic rings. The van der Waals surface area contributed by atoms with Crippen molar-refractivity contribution in [1.82, 2.24) is 10.1 Å². The maximum Gasteiger partial charge on any atom is 0.341 e. The summed E-state index contributed by atoms with van der Waals surface area (Å²) in [5.74, 6) is -0.320. The van der Waals surface area contributed by atoms with Crippen LogP contribution in [-0.2, 0) is 11.3 Å². The molecule has 0 aliphatic rings. The molecule has 0 unspecified atom stereocenters. The van der Waals surface area contributed by atoms with Crippen LogP contribution in [-0.4, -0.2) is 22.4 Å². The minimum absolute atomic E-state index is 0.0216. The van der Waals surface area contributed by atoms with Gasteiger partial charge in [0.2, 0.25) is 0 Å². The Labute approximate surface area is 141 Å². The molecule has 24 heavy (non-hydrogen) atoms. The molecule has 0 aliphatic heterocycles. The van der Waals surface area contributed by atoms with Crippen LogP contribution in [0.5, 0.6) is 0 Å². The van der Waals surface area contributed by atoms with Crippen molar-refractivity contribution >= 4 is 17.7 Å². The maximum atomic E-state index is 12.9. The van der Waals surface area contributed by atoms with Gasteiger partial charge in [-0.15, -0.1) is 11.8 Å². The number of halogens is 1. The van der Waals surface area contributed by atoms with Crippen molar-refractivity contribution in [3.05, 3.63) is 65.7 Å². The molecule has 3 rings (SSSR count). The summed E-state index contributed by atoms with van der Waals surface area (Å²) in [5.41, 5.74) is 1.57. The number of nitrogens with zero attached hydrogens (tertiary/aromatic N) is 2. The fourth-order valence-corrected chi connectivity index (χ4v) is 2.59. The molecular formula is C17H13FN2O3S. The van der Waals surface area contributed by atoms with E-state index < -0.39 is 5.97 Å². The molecule has 0 spiro atoms. The number of pyridine rings is 1. The van der Waals surface area contributed by atoms with Crippen molar-refractivity contribution in [2.75, 3.05) is 6.26 Å². The van der Waals surface area contributed by atoms with Gasteiger partial charge in [-0.25, -0.2) is 14.2 Å². The predicted molar refractivity (Wildman–Crippen MR) is 87.0 cm³/mol. The molecule has 0 N–H and O–H groups in total. The van der Waals surface area contributed by atoms with Gasteiger partial charge in [0.05, 0.1) is 5.56 Å². The second-order valence-corrected chi connectivity index (χ2v) is 5.62. The lowest BCUT2D eigenvalue weighted by molar-refractivity contribution is 0.0459. The van der Waals surface area contributed by atoms with Crippen molar-refractivity contribution < 1.29 is 18.4 Å². The first-order chi connectivity index (χ1) is 11.7. The largest absolute Gasteiger partial charge is 0.455 e. The SMILES string of the molecule is CSc1ncccc1C(=O)OCc1cc(-c2ccc(F)cc2)on1. The number of hydrogen-bond acceptors (Lipinski definition) is 6. The molecule has 1 aromatic carbocycles. The third kappa shape index (κ3) is 3.62. The molecule has 7 heteroatoms. The van der Waals surface area contributed by atoms with Gasteiger partial charge in [-0.2, -0.15) is 0 Å². The number of thioether (sulfide) groups is 1. The van der Waals surface area contributed by atoms with Crippen LogP contribution in [0.1, 0.15) is 16.1 Å². The molecule has 0 saturated heterocycles. The van der Waals surface area contributed by atoms with E-state index in [0.29, 0.717) is 27.6 Å². The molecule has 2 heterocycles. The molecule has 0 radical (unpaired) electrons. The summed E-state index contributed by atoms with van der Waals surface area (Å²) in [6, 6.07) is 10.8. The Bertz CT molecular complexity index is 849. The van der Waals surface area contributed by atoms with Gasteiger partial charge in [0.25, 0.3) is 0 Å². The highest BCUT2D eigenvalue weighted by atomic mass is 32.2. The number of esters is 1. The monoisotopic (exact) mass is 344 g/mol. The molecule has 0 amide bonds. The fourth-order valence-electron chi connectivity index (χ4n) is 2.06. The van der Waals surface area contributed by atoms with E-state index in [2.05, 4.69) is 10.1 Å². The Morgan fingerprint density at radius 1 is 1.29 bits per heavy atom. The van der Waals surface area contributed by atoms with Gasteiger partial charge in [0.15, 0.2) is 5.76 Å². The van der Waals surface area contributed by atoms with E-state index >= 15 is 0 Å². The Morgan fingerprint density at radius 2 is 2.08 bits per heavy atom. The van der Waals surface area contributed by atoms with Crippen molar-refractivity contribution in [2.45, 2.75) is 11.6 Å². The van der Waals surface area contributed by atoms with E-state index in [9.17, 15) is 9.18 Å². The van der Waals surface area contributed by atoms with Crippen LogP contribution in [0.4, 0.5) is 4.39 Å². The zero-order chi connectivity index (χ0) is 16.9. The summed E-state index contributed by atoms with van der Waals surface area (Å²) < 4.78 is 23.4. The Balaban J connectivity index is 1.67. The van der Waals surface area contributed by atoms with Crippen LogP contribution in [0.3, 0.4) is 0 Å². The second kappa shape index (κ2) is 7.27. The van der Waals surface area contributed by atoms with E-state index in [1.54, 1.807) is 36.5 Å². The topological polar surface area (TPSA) is 65.2 Å². The second-order valence-electron chi connectivity index (χ2n) is 4.83. The lowest BCUT2D eigenvalue weighted by atomic mass is 10.1. The minimum atomic E-state index is -0.473. The highest BCUT2D eigenvalue weighted by Crippen LogP contribution is 2.22. The Kier molecular flexibility index (Phi) is 4.90. The maximum absolute atomic E-state index is 12.9. The van der Waals surface area contributed by atoms with Crippen LogP contribution in [0.15, 0.2) is 58.2 Å². The summed E-state index contributed by atoms with van der Waals surface area (Å²) in [4.78, 5) is 16.3. The lowest BCUT2D eigenvalue weighted by Gasteiger charge is -2.05. The molecule has 0 bridgehead atoms. The van der Waals surface area contributed by atoms with Crippen LogP contribution >= 0.6 is 11.8 Å².